The Kier molecular flexibility index (Phi) is 8.82. The van der Waals surface area contributed by atoms with Gasteiger partial charge in [-0.2, -0.15) is 39.5 Å². The summed E-state index contributed by atoms with van der Waals surface area (Å²) in [6, 6.07) is 8.80. The molecule has 17 heteroatoms. The fraction of sp³-hybridized carbons (Fsp3) is 0.250. The molecule has 3 aromatic rings. The van der Waals surface area contributed by atoms with Gasteiger partial charge < -0.3 is 5.32 Å². The highest BCUT2D eigenvalue weighted by molar-refractivity contribution is 9.10. The second-order valence-corrected chi connectivity index (χ2v) is 10.6. The Hall–Kier alpha value is -4.02. The lowest BCUT2D eigenvalue weighted by Gasteiger charge is -2.32. The van der Waals surface area contributed by atoms with Crippen LogP contribution in [0.3, 0.4) is 0 Å². The molecule has 0 heterocycles. The molecule has 1 fully saturated rings. The van der Waals surface area contributed by atoms with Gasteiger partial charge in [0.1, 0.15) is 0 Å². The van der Waals surface area contributed by atoms with Gasteiger partial charge >= 0.3 is 24.2 Å². The van der Waals surface area contributed by atoms with E-state index in [4.69, 9.17) is 0 Å². The van der Waals surface area contributed by atoms with Crippen LogP contribution in [0.1, 0.15) is 44.7 Å². The van der Waals surface area contributed by atoms with Crippen LogP contribution in [0.25, 0.3) is 0 Å². The highest BCUT2D eigenvalue weighted by Crippen LogP contribution is 2.55. The Morgan fingerprint density at radius 2 is 1.38 bits per heavy atom. The Morgan fingerprint density at radius 3 is 1.89 bits per heavy atom. The van der Waals surface area contributed by atoms with E-state index >= 15 is 4.39 Å². The highest BCUT2D eigenvalue weighted by Gasteiger charge is 2.74. The van der Waals surface area contributed by atoms with E-state index in [1.807, 2.05) is 0 Å². The number of nitrogens with zero attached hydrogens (tertiary/aromatic N) is 1. The standard InChI is InChI=1S/C28H16BrF11N2O3/c29-18-12-15(25(31,27(35,36)37)28(38,39)40)11-17(26(32,33)34)21(18)42(23(44)14-9-10-14)24(45)16-7-4-8-19(20(16)30)41-22(43)13-5-2-1-3-6-13/h1-8,11-12,14H,9-10H2,(H,41,43). The van der Waals surface area contributed by atoms with Crippen molar-refractivity contribution >= 4 is 45.0 Å². The van der Waals surface area contributed by atoms with Crippen molar-refractivity contribution in [3.63, 3.8) is 0 Å². The summed E-state index contributed by atoms with van der Waals surface area (Å²) in [7, 11) is 0. The largest absolute Gasteiger partial charge is 0.435 e. The molecule has 0 atom stereocenters. The molecule has 0 bridgehead atoms. The minimum atomic E-state index is -6.79. The van der Waals surface area contributed by atoms with Crippen molar-refractivity contribution in [3.05, 3.63) is 93.2 Å². The van der Waals surface area contributed by atoms with Gasteiger partial charge in [0, 0.05) is 21.5 Å². The maximum atomic E-state index is 15.6. The first-order chi connectivity index (χ1) is 20.7. The molecule has 240 valence electrons. The van der Waals surface area contributed by atoms with Crippen molar-refractivity contribution in [2.75, 3.05) is 10.2 Å². The molecule has 5 nitrogen and oxygen atoms in total. The van der Waals surface area contributed by atoms with E-state index in [0.717, 1.165) is 18.2 Å². The number of alkyl halides is 10. The van der Waals surface area contributed by atoms with Gasteiger partial charge in [-0.3, -0.25) is 14.4 Å². The zero-order chi connectivity index (χ0) is 33.7. The minimum Gasteiger partial charge on any atom is -0.319 e. The van der Waals surface area contributed by atoms with Crippen LogP contribution >= 0.6 is 15.9 Å². The molecule has 0 unspecified atom stereocenters. The maximum Gasteiger partial charge on any atom is 0.435 e. The molecule has 1 N–H and O–H groups in total. The Balaban J connectivity index is 1.90. The van der Waals surface area contributed by atoms with Gasteiger partial charge in [-0.1, -0.05) is 24.3 Å². The molecule has 0 saturated heterocycles. The van der Waals surface area contributed by atoms with E-state index in [1.54, 1.807) is 6.07 Å². The first-order valence-corrected chi connectivity index (χ1v) is 13.3. The lowest BCUT2D eigenvalue weighted by Crippen LogP contribution is -2.50. The molecular weight excluding hydrogens is 701 g/mol. The number of anilines is 2. The number of hydrogen-bond donors (Lipinski definition) is 1. The third-order valence-corrected chi connectivity index (χ3v) is 7.24. The van der Waals surface area contributed by atoms with Crippen LogP contribution in [0.15, 0.2) is 65.1 Å². The average molecular weight is 717 g/mol. The molecule has 0 spiro atoms. The van der Waals surface area contributed by atoms with E-state index in [0.29, 0.717) is 0 Å². The summed E-state index contributed by atoms with van der Waals surface area (Å²) >= 11 is 2.39. The van der Waals surface area contributed by atoms with Crippen LogP contribution in [0.2, 0.25) is 0 Å². The van der Waals surface area contributed by atoms with Gasteiger partial charge in [0.2, 0.25) is 5.91 Å². The normalized spacial score (nSPS) is 14.2. The van der Waals surface area contributed by atoms with Crippen LogP contribution in [-0.2, 0) is 16.6 Å². The summed E-state index contributed by atoms with van der Waals surface area (Å²) in [6.45, 7) is 0. The molecule has 4 rings (SSSR count). The van der Waals surface area contributed by atoms with E-state index in [9.17, 15) is 58.3 Å². The fourth-order valence-corrected chi connectivity index (χ4v) is 4.89. The zero-order valence-electron chi connectivity index (χ0n) is 22.0. The molecule has 0 aliphatic heterocycles. The predicted molar refractivity (Wildman–Crippen MR) is 139 cm³/mol. The summed E-state index contributed by atoms with van der Waals surface area (Å²) < 4.78 is 152. The Morgan fingerprint density at radius 1 is 0.800 bits per heavy atom. The molecule has 1 saturated carbocycles. The van der Waals surface area contributed by atoms with Crippen molar-refractivity contribution in [3.8, 4) is 0 Å². The number of hydrogen-bond acceptors (Lipinski definition) is 3. The number of rotatable bonds is 6. The molecule has 45 heavy (non-hydrogen) atoms. The molecule has 1 aliphatic carbocycles. The van der Waals surface area contributed by atoms with E-state index < -0.39 is 92.3 Å². The maximum absolute atomic E-state index is 15.6. The first-order valence-electron chi connectivity index (χ1n) is 12.5. The fourth-order valence-electron chi connectivity index (χ4n) is 4.25. The quantitative estimate of drug-likeness (QED) is 0.205. The molecular formula is C28H16BrF11N2O3. The van der Waals surface area contributed by atoms with Crippen molar-refractivity contribution < 1.29 is 62.7 Å². The van der Waals surface area contributed by atoms with Crippen LogP contribution in [0.5, 0.6) is 0 Å². The number of amides is 3. The van der Waals surface area contributed by atoms with Crippen molar-refractivity contribution in [2.24, 2.45) is 5.92 Å². The van der Waals surface area contributed by atoms with Gasteiger partial charge in [0.15, 0.2) is 5.82 Å². The number of carbonyl (C=O) groups is 3. The topological polar surface area (TPSA) is 66.5 Å². The second kappa shape index (κ2) is 11.7. The van der Waals surface area contributed by atoms with Crippen molar-refractivity contribution in [1.82, 2.24) is 0 Å². The van der Waals surface area contributed by atoms with Gasteiger partial charge in [-0.25, -0.2) is 13.7 Å². The SMILES string of the molecule is O=C(Nc1cccc(C(=O)N(C(=O)C2CC2)c2c(Br)cc(C(F)(C(F)(F)F)C(F)(F)F)cc2C(F)(F)F)c1F)c1ccccc1. The molecule has 0 radical (unpaired) electrons. The van der Waals surface area contributed by atoms with Crippen LogP contribution in [0, 0.1) is 11.7 Å². The number of benzene rings is 3. The number of carbonyl (C=O) groups excluding carboxylic acids is 3. The van der Waals surface area contributed by atoms with Gasteiger partial charge in [0.05, 0.1) is 22.5 Å². The van der Waals surface area contributed by atoms with E-state index in [1.165, 1.54) is 24.3 Å². The van der Waals surface area contributed by atoms with E-state index in [2.05, 4.69) is 21.2 Å². The summed E-state index contributed by atoms with van der Waals surface area (Å²) in [5.74, 6) is -6.71. The van der Waals surface area contributed by atoms with Crippen LogP contribution in [-0.4, -0.2) is 30.1 Å². The van der Waals surface area contributed by atoms with Gasteiger partial charge in [-0.15, -0.1) is 0 Å². The van der Waals surface area contributed by atoms with Crippen molar-refractivity contribution in [1.29, 1.82) is 0 Å². The van der Waals surface area contributed by atoms with E-state index in [-0.39, 0.29) is 29.4 Å². The monoisotopic (exact) mass is 716 g/mol. The molecule has 1 aliphatic rings. The van der Waals surface area contributed by atoms with Gasteiger partial charge in [-0.05, 0) is 65.2 Å². The molecule has 0 aromatic heterocycles. The number of halogens is 12. The van der Waals surface area contributed by atoms with Crippen LogP contribution < -0.4 is 10.2 Å². The first kappa shape index (κ1) is 33.9. The highest BCUT2D eigenvalue weighted by atomic mass is 79.9. The molecule has 3 amide bonds. The smallest absolute Gasteiger partial charge is 0.319 e. The second-order valence-electron chi connectivity index (χ2n) is 9.75. The van der Waals surface area contributed by atoms with Crippen molar-refractivity contribution in [2.45, 2.75) is 37.0 Å². The molecule has 3 aromatic carbocycles. The Labute approximate surface area is 254 Å². The third kappa shape index (κ3) is 6.39. The lowest BCUT2D eigenvalue weighted by atomic mass is 9.91. The Bertz CT molecular complexity index is 1640. The number of imide groups is 1. The minimum absolute atomic E-state index is 0.0328. The van der Waals surface area contributed by atoms with Gasteiger partial charge in [0.25, 0.3) is 11.8 Å². The predicted octanol–water partition coefficient (Wildman–Crippen LogP) is 8.73. The third-order valence-electron chi connectivity index (χ3n) is 6.63. The summed E-state index contributed by atoms with van der Waals surface area (Å²) in [5.41, 5.74) is -14.6. The zero-order valence-corrected chi connectivity index (χ0v) is 23.6. The average Bonchev–Trinajstić information content (AvgIpc) is 3.78. The summed E-state index contributed by atoms with van der Waals surface area (Å²) in [6.07, 6.45) is -19.4. The lowest BCUT2D eigenvalue weighted by molar-refractivity contribution is -0.348. The summed E-state index contributed by atoms with van der Waals surface area (Å²) in [4.78, 5) is 39.1. The number of nitrogens with one attached hydrogen (secondary N) is 1. The summed E-state index contributed by atoms with van der Waals surface area (Å²) in [5, 5.41) is 2.15. The van der Waals surface area contributed by atoms with Crippen LogP contribution in [0.4, 0.5) is 59.7 Å².